The molecule has 1 unspecified atom stereocenters. The first-order valence-electron chi connectivity index (χ1n) is 7.00. The average molecular weight is 422 g/mol. The Kier molecular flexibility index (Phi) is 5.54. The van der Waals surface area contributed by atoms with Crippen LogP contribution in [0.5, 0.6) is 0 Å². The Morgan fingerprint density at radius 2 is 1.42 bits per heavy atom. The second-order valence-corrected chi connectivity index (χ2v) is 10.00. The summed E-state index contributed by atoms with van der Waals surface area (Å²) in [6.07, 6.45) is 0. The number of hydrogen-bond acceptors (Lipinski definition) is 6. The molecule has 1 atom stereocenters. The molecule has 0 bridgehead atoms. The van der Waals surface area contributed by atoms with E-state index in [0.29, 0.717) is 11.6 Å². The number of benzene rings is 2. The fraction of sp³-hybridized carbons (Fsp3) is 0.143. The molecular weight excluding hydrogens is 407 g/mol. The second kappa shape index (κ2) is 7.04. The molecule has 0 fully saturated rings. The maximum Gasteiger partial charge on any atom is 0.332 e. The quantitative estimate of drug-likeness (QED) is 0.666. The first-order chi connectivity index (χ1) is 11.8. The summed E-state index contributed by atoms with van der Waals surface area (Å²) >= 11 is 0. The Hall–Kier alpha value is -1.86. The van der Waals surface area contributed by atoms with Crippen LogP contribution in [0.25, 0.3) is 0 Å². The van der Waals surface area contributed by atoms with Gasteiger partial charge >= 0.3 is 10.2 Å². The Balaban J connectivity index is 2.36. The summed E-state index contributed by atoms with van der Waals surface area (Å²) in [4.78, 5) is -1.43. The van der Waals surface area contributed by atoms with Crippen LogP contribution in [0, 0.1) is 0 Å². The molecular formula is C14H15FN2O6S3. The van der Waals surface area contributed by atoms with Crippen molar-refractivity contribution in [3.63, 3.8) is 0 Å². The Morgan fingerprint density at radius 3 is 2.00 bits per heavy atom. The molecule has 142 valence electrons. The van der Waals surface area contributed by atoms with Crippen LogP contribution in [0.1, 0.15) is 18.5 Å². The molecule has 0 saturated heterocycles. The van der Waals surface area contributed by atoms with Gasteiger partial charge in [0.1, 0.15) is 0 Å². The zero-order valence-electron chi connectivity index (χ0n) is 13.3. The van der Waals surface area contributed by atoms with E-state index >= 15 is 0 Å². The summed E-state index contributed by atoms with van der Waals surface area (Å²) in [5.41, 5.74) is 0.314. The normalized spacial score (nSPS) is 14.1. The summed E-state index contributed by atoms with van der Waals surface area (Å²) in [6, 6.07) is 8.30. The van der Waals surface area contributed by atoms with Crippen LogP contribution in [0.3, 0.4) is 0 Å². The molecule has 0 aliphatic rings. The molecule has 0 radical (unpaired) electrons. The zero-order valence-corrected chi connectivity index (χ0v) is 15.8. The second-order valence-electron chi connectivity index (χ2n) is 5.37. The predicted molar refractivity (Wildman–Crippen MR) is 91.3 cm³/mol. The maximum absolute atomic E-state index is 13.1. The van der Waals surface area contributed by atoms with E-state index in [-0.39, 0.29) is 4.90 Å². The number of halogens is 1. The number of hydrogen-bond donors (Lipinski definition) is 2. The van der Waals surface area contributed by atoms with E-state index in [1.807, 2.05) is 0 Å². The average Bonchev–Trinajstić information content (AvgIpc) is 2.53. The van der Waals surface area contributed by atoms with Gasteiger partial charge in [-0.25, -0.2) is 26.7 Å². The van der Waals surface area contributed by atoms with Gasteiger partial charge in [-0.05, 0) is 42.8 Å². The molecule has 2 rings (SSSR count). The van der Waals surface area contributed by atoms with Crippen molar-refractivity contribution in [2.45, 2.75) is 27.7 Å². The number of rotatable bonds is 6. The van der Waals surface area contributed by atoms with Gasteiger partial charge in [0, 0.05) is 6.04 Å². The first kappa shape index (κ1) is 20.5. The van der Waals surface area contributed by atoms with E-state index in [9.17, 15) is 29.1 Å². The molecule has 12 heteroatoms. The lowest BCUT2D eigenvalue weighted by Gasteiger charge is -2.15. The molecule has 0 heterocycles. The van der Waals surface area contributed by atoms with Crippen molar-refractivity contribution in [3.05, 3.63) is 54.1 Å². The highest BCUT2D eigenvalue weighted by Crippen LogP contribution is 2.21. The summed E-state index contributed by atoms with van der Waals surface area (Å²) < 4.78 is 84.8. The lowest BCUT2D eigenvalue weighted by molar-refractivity contribution is 0.551. The third-order valence-corrected chi connectivity index (χ3v) is 6.68. The zero-order chi connectivity index (χ0) is 19.8. The lowest BCUT2D eigenvalue weighted by Crippen LogP contribution is -2.27. The van der Waals surface area contributed by atoms with E-state index in [1.165, 1.54) is 31.2 Å². The van der Waals surface area contributed by atoms with Crippen molar-refractivity contribution in [2.75, 3.05) is 0 Å². The van der Waals surface area contributed by atoms with Crippen molar-refractivity contribution >= 4 is 30.3 Å². The van der Waals surface area contributed by atoms with Crippen LogP contribution >= 0.6 is 0 Å². The topological polar surface area (TPSA) is 140 Å². The van der Waals surface area contributed by atoms with E-state index < -0.39 is 46.1 Å². The van der Waals surface area contributed by atoms with E-state index in [0.717, 1.165) is 18.2 Å². The molecule has 2 aromatic rings. The highest BCUT2D eigenvalue weighted by molar-refractivity contribution is 7.89. The molecule has 0 amide bonds. The molecule has 0 aromatic heterocycles. The van der Waals surface area contributed by atoms with Crippen molar-refractivity contribution in [1.82, 2.24) is 4.72 Å². The molecule has 3 N–H and O–H groups in total. The van der Waals surface area contributed by atoms with Gasteiger partial charge in [0.2, 0.25) is 20.0 Å². The lowest BCUT2D eigenvalue weighted by atomic mass is 10.1. The molecule has 0 spiro atoms. The number of nitrogens with one attached hydrogen (secondary N) is 1. The maximum atomic E-state index is 13.1. The number of sulfonamides is 2. The highest BCUT2D eigenvalue weighted by Gasteiger charge is 2.22. The minimum Gasteiger partial charge on any atom is -0.225 e. The van der Waals surface area contributed by atoms with Gasteiger partial charge in [-0.15, -0.1) is 3.89 Å². The number of nitrogens with two attached hydrogens (primary N) is 1. The van der Waals surface area contributed by atoms with Gasteiger partial charge < -0.3 is 0 Å². The van der Waals surface area contributed by atoms with Crippen LogP contribution in [-0.4, -0.2) is 25.3 Å². The van der Waals surface area contributed by atoms with Crippen molar-refractivity contribution in [2.24, 2.45) is 5.14 Å². The van der Waals surface area contributed by atoms with Gasteiger partial charge in [-0.2, -0.15) is 8.42 Å². The third kappa shape index (κ3) is 4.86. The Morgan fingerprint density at radius 1 is 0.885 bits per heavy atom. The molecule has 2 aromatic carbocycles. The van der Waals surface area contributed by atoms with Gasteiger partial charge in [0.15, 0.2) is 0 Å². The summed E-state index contributed by atoms with van der Waals surface area (Å²) in [6.45, 7) is 1.45. The molecule has 8 nitrogen and oxygen atoms in total. The summed E-state index contributed by atoms with van der Waals surface area (Å²) in [5.74, 6) is 0. The van der Waals surface area contributed by atoms with Crippen LogP contribution in [0.4, 0.5) is 3.89 Å². The van der Waals surface area contributed by atoms with Gasteiger partial charge in [0.05, 0.1) is 14.7 Å². The Labute approximate surface area is 151 Å². The minimum atomic E-state index is -5.06. The molecule has 0 aliphatic heterocycles. The third-order valence-electron chi connectivity index (χ3n) is 3.42. The van der Waals surface area contributed by atoms with Crippen LogP contribution < -0.4 is 9.86 Å². The fourth-order valence-corrected chi connectivity index (χ4v) is 4.55. The monoisotopic (exact) mass is 422 g/mol. The number of primary sulfonamides is 1. The van der Waals surface area contributed by atoms with E-state index in [1.54, 1.807) is 0 Å². The smallest absolute Gasteiger partial charge is 0.225 e. The largest absolute Gasteiger partial charge is 0.332 e. The standard InChI is InChI=1S/C14H15FN2O6S3/c1-10(11-4-2-6-13(8-11)25(16,20)21)17-26(22,23)14-7-3-5-12(9-14)24(15,18)19/h2-10,17H,1H3,(H2,16,20,21). The van der Waals surface area contributed by atoms with Crippen molar-refractivity contribution in [3.8, 4) is 0 Å². The molecule has 26 heavy (non-hydrogen) atoms. The Bertz CT molecular complexity index is 1140. The van der Waals surface area contributed by atoms with Gasteiger partial charge in [-0.1, -0.05) is 18.2 Å². The highest BCUT2D eigenvalue weighted by atomic mass is 32.3. The SMILES string of the molecule is CC(NS(=O)(=O)c1cccc(S(=O)(=O)F)c1)c1cccc(S(N)(=O)=O)c1. The van der Waals surface area contributed by atoms with Crippen LogP contribution in [-0.2, 0) is 30.3 Å². The first-order valence-corrected chi connectivity index (χ1v) is 11.4. The van der Waals surface area contributed by atoms with Crippen LogP contribution in [0.2, 0.25) is 0 Å². The van der Waals surface area contributed by atoms with Crippen molar-refractivity contribution in [1.29, 1.82) is 0 Å². The predicted octanol–water partition coefficient (Wildman–Crippen LogP) is 1.03. The van der Waals surface area contributed by atoms with Gasteiger partial charge in [-0.3, -0.25) is 0 Å². The van der Waals surface area contributed by atoms with Crippen LogP contribution in [0.15, 0.2) is 63.2 Å². The fourth-order valence-electron chi connectivity index (χ4n) is 2.12. The molecule has 0 saturated carbocycles. The molecule has 0 aliphatic carbocycles. The van der Waals surface area contributed by atoms with E-state index in [2.05, 4.69) is 4.72 Å². The minimum absolute atomic E-state index is 0.188. The van der Waals surface area contributed by atoms with Crippen molar-refractivity contribution < 1.29 is 29.1 Å². The van der Waals surface area contributed by atoms with E-state index in [4.69, 9.17) is 5.14 Å². The summed E-state index contributed by atoms with van der Waals surface area (Å²) in [7, 11) is -13.2. The van der Waals surface area contributed by atoms with Gasteiger partial charge in [0.25, 0.3) is 0 Å². The summed E-state index contributed by atoms with van der Waals surface area (Å²) in [5, 5.41) is 5.04.